The monoisotopic (exact) mass is 353 g/mol. The van der Waals surface area contributed by atoms with E-state index >= 15 is 0 Å². The zero-order valence-corrected chi connectivity index (χ0v) is 14.1. The van der Waals surface area contributed by atoms with Crippen LogP contribution in [0.3, 0.4) is 0 Å². The van der Waals surface area contributed by atoms with Crippen LogP contribution in [-0.4, -0.2) is 36.9 Å². The minimum absolute atomic E-state index is 0.0861. The highest BCUT2D eigenvalue weighted by Crippen LogP contribution is 2.28. The quantitative estimate of drug-likeness (QED) is 0.614. The van der Waals surface area contributed by atoms with Crippen molar-refractivity contribution >= 4 is 22.2 Å². The number of amides is 1. The molecule has 0 spiro atoms. The Morgan fingerprint density at radius 3 is 3.24 bits per heavy atom. The molecule has 1 N–H and O–H groups in total. The van der Waals surface area contributed by atoms with Gasteiger partial charge in [-0.15, -0.1) is 11.3 Å². The largest absolute Gasteiger partial charge is 0.463 e. The topological polar surface area (TPSA) is 79.4 Å². The van der Waals surface area contributed by atoms with Crippen LogP contribution in [0.4, 0.5) is 0 Å². The molecule has 0 atom stereocenters. The molecule has 5 heterocycles. The molecule has 0 saturated carbocycles. The Morgan fingerprint density at radius 1 is 1.44 bits per heavy atom. The highest BCUT2D eigenvalue weighted by atomic mass is 32.1. The van der Waals surface area contributed by atoms with E-state index in [4.69, 9.17) is 4.42 Å². The van der Waals surface area contributed by atoms with Crippen LogP contribution in [0.1, 0.15) is 17.0 Å². The first-order valence-electron chi connectivity index (χ1n) is 8.07. The Kier molecular flexibility index (Phi) is 3.24. The third kappa shape index (κ3) is 2.45. The standard InChI is InChI=1S/C17H15N5O2S/c23-15(8-11-9-22-5-7-25-17(22)18-11)21-4-3-13-12(10-21)16(20-19-13)14-2-1-6-24-14/h1-2,5-7,9H,3-4,8,10H2,(H,19,20). The number of aromatic amines is 1. The highest BCUT2D eigenvalue weighted by Gasteiger charge is 2.27. The summed E-state index contributed by atoms with van der Waals surface area (Å²) >= 11 is 1.57. The molecule has 0 bridgehead atoms. The van der Waals surface area contributed by atoms with Crippen molar-refractivity contribution in [2.24, 2.45) is 0 Å². The maximum Gasteiger partial charge on any atom is 0.228 e. The van der Waals surface area contributed by atoms with Crippen molar-refractivity contribution in [3.05, 3.63) is 53.1 Å². The number of fused-ring (bicyclic) bond motifs is 2. The smallest absolute Gasteiger partial charge is 0.228 e. The molecule has 0 aliphatic carbocycles. The van der Waals surface area contributed by atoms with Crippen LogP contribution in [0, 0.1) is 0 Å². The van der Waals surface area contributed by atoms with Crippen LogP contribution in [-0.2, 0) is 24.2 Å². The lowest BCUT2D eigenvalue weighted by atomic mass is 10.0. The maximum absolute atomic E-state index is 12.7. The van der Waals surface area contributed by atoms with E-state index in [9.17, 15) is 4.79 Å². The van der Waals surface area contributed by atoms with Crippen molar-refractivity contribution < 1.29 is 9.21 Å². The summed E-state index contributed by atoms with van der Waals surface area (Å²) in [4.78, 5) is 20.0. The number of carbonyl (C=O) groups is 1. The number of rotatable bonds is 3. The number of H-pyrrole nitrogens is 1. The van der Waals surface area contributed by atoms with Crippen LogP contribution < -0.4 is 0 Å². The van der Waals surface area contributed by atoms with Crippen molar-refractivity contribution in [1.29, 1.82) is 0 Å². The summed E-state index contributed by atoms with van der Waals surface area (Å²) in [6, 6.07) is 3.72. The van der Waals surface area contributed by atoms with Gasteiger partial charge < -0.3 is 9.32 Å². The maximum atomic E-state index is 12.7. The van der Waals surface area contributed by atoms with Crippen molar-refractivity contribution in [2.75, 3.05) is 6.54 Å². The summed E-state index contributed by atoms with van der Waals surface area (Å²) in [6.45, 7) is 1.23. The molecule has 0 saturated heterocycles. The lowest BCUT2D eigenvalue weighted by Gasteiger charge is -2.26. The Hall–Kier alpha value is -2.87. The average Bonchev–Trinajstić information content (AvgIpc) is 3.36. The van der Waals surface area contributed by atoms with Gasteiger partial charge in [0.25, 0.3) is 0 Å². The third-order valence-electron chi connectivity index (χ3n) is 4.52. The molecule has 7 nitrogen and oxygen atoms in total. The van der Waals surface area contributed by atoms with E-state index in [2.05, 4.69) is 15.2 Å². The molecule has 0 fully saturated rings. The van der Waals surface area contributed by atoms with Gasteiger partial charge in [0.05, 0.1) is 18.4 Å². The zero-order valence-electron chi connectivity index (χ0n) is 13.3. The summed E-state index contributed by atoms with van der Waals surface area (Å²) < 4.78 is 7.41. The second-order valence-electron chi connectivity index (χ2n) is 6.07. The summed E-state index contributed by atoms with van der Waals surface area (Å²) in [7, 11) is 0. The lowest BCUT2D eigenvalue weighted by Crippen LogP contribution is -2.36. The van der Waals surface area contributed by atoms with E-state index in [1.165, 1.54) is 0 Å². The van der Waals surface area contributed by atoms with Gasteiger partial charge in [-0.2, -0.15) is 5.10 Å². The van der Waals surface area contributed by atoms with E-state index in [0.717, 1.165) is 39.8 Å². The van der Waals surface area contributed by atoms with E-state index in [-0.39, 0.29) is 5.91 Å². The first-order chi connectivity index (χ1) is 12.3. The number of aromatic nitrogens is 4. The molecule has 8 heteroatoms. The van der Waals surface area contributed by atoms with E-state index < -0.39 is 0 Å². The molecule has 4 aromatic rings. The van der Waals surface area contributed by atoms with Crippen LogP contribution in [0.5, 0.6) is 0 Å². The van der Waals surface area contributed by atoms with Gasteiger partial charge in [0, 0.05) is 48.5 Å². The number of hydrogen-bond donors (Lipinski definition) is 1. The molecule has 1 aliphatic heterocycles. The van der Waals surface area contributed by atoms with Gasteiger partial charge in [-0.25, -0.2) is 4.98 Å². The van der Waals surface area contributed by atoms with Gasteiger partial charge in [-0.1, -0.05) is 0 Å². The fraction of sp³-hybridized carbons (Fsp3) is 0.235. The summed E-state index contributed by atoms with van der Waals surface area (Å²) in [6.07, 6.45) is 6.60. The van der Waals surface area contributed by atoms with Crippen LogP contribution in [0.15, 0.2) is 40.6 Å². The number of carbonyl (C=O) groups excluding carboxylic acids is 1. The third-order valence-corrected chi connectivity index (χ3v) is 5.29. The van der Waals surface area contributed by atoms with Gasteiger partial charge >= 0.3 is 0 Å². The SMILES string of the molecule is O=C(Cc1cn2ccsc2n1)N1CCc2[nH]nc(-c3ccco3)c2C1. The molecule has 4 aromatic heterocycles. The minimum Gasteiger partial charge on any atom is -0.463 e. The number of furan rings is 1. The molecule has 126 valence electrons. The predicted octanol–water partition coefficient (Wildman–Crippen LogP) is 2.51. The highest BCUT2D eigenvalue weighted by molar-refractivity contribution is 7.15. The normalized spacial score (nSPS) is 14.2. The summed E-state index contributed by atoms with van der Waals surface area (Å²) in [5.41, 5.74) is 3.72. The first kappa shape index (κ1) is 14.5. The van der Waals surface area contributed by atoms with Crippen molar-refractivity contribution in [2.45, 2.75) is 19.4 Å². The molecule has 1 aliphatic rings. The predicted molar refractivity (Wildman–Crippen MR) is 92.2 cm³/mol. The Bertz CT molecular complexity index is 1010. The van der Waals surface area contributed by atoms with Gasteiger partial charge in [0.1, 0.15) is 5.69 Å². The molecule has 0 aromatic carbocycles. The Balaban J connectivity index is 1.37. The van der Waals surface area contributed by atoms with Gasteiger partial charge in [0.2, 0.25) is 5.91 Å². The second-order valence-corrected chi connectivity index (χ2v) is 6.95. The average molecular weight is 353 g/mol. The first-order valence-corrected chi connectivity index (χ1v) is 8.95. The number of nitrogens with zero attached hydrogens (tertiary/aromatic N) is 4. The van der Waals surface area contributed by atoms with Gasteiger partial charge in [-0.05, 0) is 12.1 Å². The van der Waals surface area contributed by atoms with Gasteiger partial charge in [0.15, 0.2) is 10.7 Å². The number of thiazole rings is 1. The number of hydrogen-bond acceptors (Lipinski definition) is 5. The Morgan fingerprint density at radius 2 is 2.40 bits per heavy atom. The number of nitrogens with one attached hydrogen (secondary N) is 1. The van der Waals surface area contributed by atoms with Crippen molar-refractivity contribution in [1.82, 2.24) is 24.5 Å². The van der Waals surface area contributed by atoms with E-state index in [1.807, 2.05) is 39.2 Å². The van der Waals surface area contributed by atoms with Crippen LogP contribution in [0.25, 0.3) is 16.4 Å². The molecule has 0 unspecified atom stereocenters. The molecular weight excluding hydrogens is 338 g/mol. The summed E-state index contributed by atoms with van der Waals surface area (Å²) in [5, 5.41) is 9.43. The molecular formula is C17H15N5O2S. The molecule has 25 heavy (non-hydrogen) atoms. The zero-order chi connectivity index (χ0) is 16.8. The molecule has 1 amide bonds. The molecule has 0 radical (unpaired) electrons. The minimum atomic E-state index is 0.0861. The lowest BCUT2D eigenvalue weighted by molar-refractivity contribution is -0.131. The van der Waals surface area contributed by atoms with Crippen molar-refractivity contribution in [3.8, 4) is 11.5 Å². The molecule has 5 rings (SSSR count). The fourth-order valence-electron chi connectivity index (χ4n) is 3.25. The van der Waals surface area contributed by atoms with Gasteiger partial charge in [-0.3, -0.25) is 14.3 Å². The van der Waals surface area contributed by atoms with E-state index in [0.29, 0.717) is 19.5 Å². The van der Waals surface area contributed by atoms with Crippen LogP contribution >= 0.6 is 11.3 Å². The van der Waals surface area contributed by atoms with Crippen LogP contribution in [0.2, 0.25) is 0 Å². The second kappa shape index (κ2) is 5.59. The fourth-order valence-corrected chi connectivity index (χ4v) is 3.97. The summed E-state index contributed by atoms with van der Waals surface area (Å²) in [5.74, 6) is 0.809. The van der Waals surface area contributed by atoms with E-state index in [1.54, 1.807) is 17.6 Å². The number of imidazole rings is 1. The van der Waals surface area contributed by atoms with Crippen molar-refractivity contribution in [3.63, 3.8) is 0 Å². The Labute approximate surface area is 146 Å².